The second-order valence-corrected chi connectivity index (χ2v) is 9.93. The van der Waals surface area contributed by atoms with E-state index in [0.717, 1.165) is 0 Å². The SMILES string of the molecule is Cc1cc(C)nc(NS(=O)(=O)c2ccc(NS(=O)(=O)c3cccc4nonc34)cc2)n1. The van der Waals surface area contributed by atoms with Crippen LogP contribution in [0.5, 0.6) is 0 Å². The van der Waals surface area contributed by atoms with E-state index in [9.17, 15) is 16.8 Å². The van der Waals surface area contributed by atoms with Crippen molar-refractivity contribution in [1.29, 1.82) is 0 Å². The Labute approximate surface area is 177 Å². The molecule has 2 N–H and O–H groups in total. The molecule has 0 radical (unpaired) electrons. The van der Waals surface area contributed by atoms with E-state index in [1.54, 1.807) is 26.0 Å². The number of hydrogen-bond donors (Lipinski definition) is 2. The van der Waals surface area contributed by atoms with Gasteiger partial charge in [0, 0.05) is 17.1 Å². The molecule has 0 fully saturated rings. The molecule has 4 rings (SSSR count). The predicted octanol–water partition coefficient (Wildman–Crippen LogP) is 2.23. The van der Waals surface area contributed by atoms with Crippen LogP contribution in [-0.4, -0.2) is 37.1 Å². The number of nitrogens with one attached hydrogen (secondary N) is 2. The molecule has 31 heavy (non-hydrogen) atoms. The molecule has 0 aliphatic rings. The second-order valence-electron chi connectivity index (χ2n) is 6.60. The van der Waals surface area contributed by atoms with E-state index >= 15 is 0 Å². The van der Waals surface area contributed by atoms with Gasteiger partial charge in [0.1, 0.15) is 10.4 Å². The molecule has 160 valence electrons. The second kappa shape index (κ2) is 7.59. The van der Waals surface area contributed by atoms with Crippen LogP contribution in [0.2, 0.25) is 0 Å². The van der Waals surface area contributed by atoms with Gasteiger partial charge in [-0.1, -0.05) is 6.07 Å². The molecule has 0 aliphatic carbocycles. The zero-order valence-electron chi connectivity index (χ0n) is 16.3. The van der Waals surface area contributed by atoms with E-state index in [1.807, 2.05) is 0 Å². The van der Waals surface area contributed by atoms with Crippen LogP contribution < -0.4 is 9.44 Å². The Balaban J connectivity index is 1.57. The monoisotopic (exact) mass is 460 g/mol. The van der Waals surface area contributed by atoms with Gasteiger partial charge in [0.15, 0.2) is 5.52 Å². The number of nitrogens with zero attached hydrogens (tertiary/aromatic N) is 4. The fourth-order valence-electron chi connectivity index (χ4n) is 2.86. The average molecular weight is 460 g/mol. The lowest BCUT2D eigenvalue weighted by Crippen LogP contribution is -2.16. The fraction of sp³-hybridized carbons (Fsp3) is 0.111. The lowest BCUT2D eigenvalue weighted by Gasteiger charge is -2.10. The molecule has 0 bridgehead atoms. The van der Waals surface area contributed by atoms with Gasteiger partial charge < -0.3 is 0 Å². The Kier molecular flexibility index (Phi) is 5.07. The van der Waals surface area contributed by atoms with Crippen molar-refractivity contribution in [3.63, 3.8) is 0 Å². The van der Waals surface area contributed by atoms with Crippen molar-refractivity contribution in [3.8, 4) is 0 Å². The molecule has 0 spiro atoms. The van der Waals surface area contributed by atoms with Crippen LogP contribution in [-0.2, 0) is 20.0 Å². The van der Waals surface area contributed by atoms with Crippen LogP contribution in [0.3, 0.4) is 0 Å². The minimum Gasteiger partial charge on any atom is -0.280 e. The smallest absolute Gasteiger partial charge is 0.264 e. The van der Waals surface area contributed by atoms with Crippen LogP contribution in [0.25, 0.3) is 11.0 Å². The molecule has 2 aromatic carbocycles. The third-order valence-electron chi connectivity index (χ3n) is 4.16. The van der Waals surface area contributed by atoms with E-state index in [4.69, 9.17) is 0 Å². The average Bonchev–Trinajstić information content (AvgIpc) is 3.15. The predicted molar refractivity (Wildman–Crippen MR) is 111 cm³/mol. The van der Waals surface area contributed by atoms with E-state index in [0.29, 0.717) is 16.9 Å². The first-order valence-electron chi connectivity index (χ1n) is 8.83. The van der Waals surface area contributed by atoms with Gasteiger partial charge in [0.25, 0.3) is 20.0 Å². The topological polar surface area (TPSA) is 157 Å². The molecule has 0 unspecified atom stereocenters. The van der Waals surface area contributed by atoms with Crippen molar-refractivity contribution in [2.24, 2.45) is 0 Å². The zero-order chi connectivity index (χ0) is 22.2. The van der Waals surface area contributed by atoms with Crippen LogP contribution in [0.1, 0.15) is 11.4 Å². The first kappa shape index (κ1) is 20.7. The van der Waals surface area contributed by atoms with Gasteiger partial charge in [-0.2, -0.15) is 0 Å². The third kappa shape index (κ3) is 4.32. The number of benzene rings is 2. The summed E-state index contributed by atoms with van der Waals surface area (Å²) in [5.74, 6) is -0.0448. The summed E-state index contributed by atoms with van der Waals surface area (Å²) >= 11 is 0. The Morgan fingerprint density at radius 2 is 1.48 bits per heavy atom. The van der Waals surface area contributed by atoms with Gasteiger partial charge in [-0.15, -0.1) is 0 Å². The van der Waals surface area contributed by atoms with Gasteiger partial charge in [0.2, 0.25) is 5.95 Å². The summed E-state index contributed by atoms with van der Waals surface area (Å²) in [5, 5.41) is 7.24. The summed E-state index contributed by atoms with van der Waals surface area (Å²) < 4.78 is 60.0. The molecule has 2 aromatic heterocycles. The molecule has 0 atom stereocenters. The van der Waals surface area contributed by atoms with Crippen molar-refractivity contribution in [2.45, 2.75) is 23.6 Å². The molecule has 2 heterocycles. The Hall–Kier alpha value is -3.58. The van der Waals surface area contributed by atoms with Crippen LogP contribution in [0.15, 0.2) is 63.0 Å². The van der Waals surface area contributed by atoms with Crippen molar-refractivity contribution in [3.05, 3.63) is 59.9 Å². The van der Waals surface area contributed by atoms with Crippen LogP contribution >= 0.6 is 0 Å². The third-order valence-corrected chi connectivity index (χ3v) is 6.92. The summed E-state index contributed by atoms with van der Waals surface area (Å²) in [4.78, 5) is 7.91. The number of fused-ring (bicyclic) bond motifs is 1. The maximum atomic E-state index is 12.7. The lowest BCUT2D eigenvalue weighted by atomic mass is 10.3. The van der Waals surface area contributed by atoms with Crippen LogP contribution in [0, 0.1) is 13.8 Å². The molecule has 0 amide bonds. The van der Waals surface area contributed by atoms with E-state index in [1.165, 1.54) is 36.4 Å². The minimum absolute atomic E-state index is 0.0448. The van der Waals surface area contributed by atoms with Crippen molar-refractivity contribution in [2.75, 3.05) is 9.44 Å². The van der Waals surface area contributed by atoms with Crippen molar-refractivity contribution in [1.82, 2.24) is 20.3 Å². The molecule has 11 nitrogen and oxygen atoms in total. The fourth-order valence-corrected chi connectivity index (χ4v) is 5.02. The molecule has 4 aromatic rings. The molecule has 0 aliphatic heterocycles. The lowest BCUT2D eigenvalue weighted by molar-refractivity contribution is 0.315. The highest BCUT2D eigenvalue weighted by Crippen LogP contribution is 2.23. The zero-order valence-corrected chi connectivity index (χ0v) is 17.9. The number of aromatic nitrogens is 4. The summed E-state index contributed by atoms with van der Waals surface area (Å²) in [6.07, 6.45) is 0. The molecule has 0 saturated carbocycles. The summed E-state index contributed by atoms with van der Waals surface area (Å²) in [6.45, 7) is 3.45. The highest BCUT2D eigenvalue weighted by atomic mass is 32.2. The molecule has 13 heteroatoms. The minimum atomic E-state index is -4.01. The summed E-state index contributed by atoms with van der Waals surface area (Å²) in [5.41, 5.74) is 1.78. The largest absolute Gasteiger partial charge is 0.280 e. The number of rotatable bonds is 6. The summed E-state index contributed by atoms with van der Waals surface area (Å²) in [7, 11) is -7.98. The first-order valence-corrected chi connectivity index (χ1v) is 11.8. The van der Waals surface area contributed by atoms with Crippen LogP contribution in [0.4, 0.5) is 11.6 Å². The highest BCUT2D eigenvalue weighted by Gasteiger charge is 2.21. The standard InChI is InChI=1S/C18H16N6O5S2/c1-11-10-12(2)20-18(19-11)24-30(25,26)14-8-6-13(7-9-14)23-31(27,28)16-5-3-4-15-17(16)22-29-21-15/h3-10,23H,1-2H3,(H,19,20,24). The molecular weight excluding hydrogens is 444 g/mol. The van der Waals surface area contributed by atoms with Crippen molar-refractivity contribution >= 4 is 42.7 Å². The van der Waals surface area contributed by atoms with Gasteiger partial charge in [-0.05, 0) is 66.6 Å². The van der Waals surface area contributed by atoms with Crippen molar-refractivity contribution < 1.29 is 21.5 Å². The maximum absolute atomic E-state index is 12.7. The first-order chi connectivity index (χ1) is 14.6. The van der Waals surface area contributed by atoms with Gasteiger partial charge in [-0.3, -0.25) is 4.72 Å². The highest BCUT2D eigenvalue weighted by molar-refractivity contribution is 7.93. The molecular formula is C18H16N6O5S2. The maximum Gasteiger partial charge on any atom is 0.264 e. The number of anilines is 2. The summed E-state index contributed by atoms with van der Waals surface area (Å²) in [6, 6.07) is 11.3. The number of sulfonamides is 2. The van der Waals surface area contributed by atoms with Gasteiger partial charge in [0.05, 0.1) is 4.90 Å². The quantitative estimate of drug-likeness (QED) is 0.440. The van der Waals surface area contributed by atoms with E-state index in [2.05, 4.69) is 34.4 Å². The van der Waals surface area contributed by atoms with Gasteiger partial charge >= 0.3 is 0 Å². The Morgan fingerprint density at radius 3 is 2.16 bits per heavy atom. The van der Waals surface area contributed by atoms with E-state index < -0.39 is 20.0 Å². The molecule has 0 saturated heterocycles. The van der Waals surface area contributed by atoms with E-state index in [-0.39, 0.29) is 26.9 Å². The normalized spacial score (nSPS) is 12.1. The number of hydrogen-bond acceptors (Lipinski definition) is 9. The Morgan fingerprint density at radius 1 is 0.806 bits per heavy atom. The Bertz CT molecular complexity index is 1460. The number of aryl methyl sites for hydroxylation is 2. The van der Waals surface area contributed by atoms with Gasteiger partial charge in [-0.25, -0.2) is 36.2 Å².